The molecule has 4 heteroatoms. The van der Waals surface area contributed by atoms with Crippen LogP contribution in [0.3, 0.4) is 0 Å². The van der Waals surface area contributed by atoms with Crippen LogP contribution in [0.1, 0.15) is 45.7 Å². The molecule has 3 nitrogen and oxygen atoms in total. The van der Waals surface area contributed by atoms with E-state index in [1.165, 1.54) is 23.6 Å². The third kappa shape index (κ3) is 3.89. The summed E-state index contributed by atoms with van der Waals surface area (Å²) in [6.07, 6.45) is 3.13. The third-order valence-corrected chi connectivity index (χ3v) is 5.30. The van der Waals surface area contributed by atoms with E-state index in [2.05, 4.69) is 60.7 Å². The highest BCUT2D eigenvalue weighted by Crippen LogP contribution is 2.33. The molecule has 0 aromatic carbocycles. The minimum atomic E-state index is 0.354. The standard InChI is InChI=1S/C16H27N3S/c1-5-17-13(2)14-7-6-9-18-15(14)19-10-8-16(3,4)20-12-11-19/h6-7,9,13,17H,5,8,10-12H2,1-4H3. The summed E-state index contributed by atoms with van der Waals surface area (Å²) in [7, 11) is 0. The third-order valence-electron chi connectivity index (χ3n) is 3.93. The molecular weight excluding hydrogens is 266 g/mol. The maximum atomic E-state index is 4.67. The van der Waals surface area contributed by atoms with Crippen molar-refractivity contribution in [3.63, 3.8) is 0 Å². The zero-order valence-corrected chi connectivity index (χ0v) is 14.0. The van der Waals surface area contributed by atoms with Gasteiger partial charge in [-0.3, -0.25) is 0 Å². The number of hydrogen-bond acceptors (Lipinski definition) is 4. The molecule has 1 aromatic rings. The molecule has 1 N–H and O–H groups in total. The molecule has 0 aliphatic carbocycles. The molecule has 0 amide bonds. The van der Waals surface area contributed by atoms with Crippen LogP contribution in [0.15, 0.2) is 18.3 Å². The van der Waals surface area contributed by atoms with E-state index in [9.17, 15) is 0 Å². The first-order chi connectivity index (χ1) is 9.53. The van der Waals surface area contributed by atoms with Crippen LogP contribution in [0.2, 0.25) is 0 Å². The highest BCUT2D eigenvalue weighted by Gasteiger charge is 2.25. The maximum Gasteiger partial charge on any atom is 0.133 e. The molecule has 20 heavy (non-hydrogen) atoms. The van der Waals surface area contributed by atoms with Gasteiger partial charge in [0, 0.05) is 41.4 Å². The molecule has 112 valence electrons. The Bertz CT molecular complexity index is 433. The lowest BCUT2D eigenvalue weighted by Gasteiger charge is -2.27. The molecule has 0 saturated carbocycles. The van der Waals surface area contributed by atoms with Gasteiger partial charge in [-0.25, -0.2) is 4.98 Å². The van der Waals surface area contributed by atoms with Gasteiger partial charge in [-0.2, -0.15) is 11.8 Å². The van der Waals surface area contributed by atoms with Gasteiger partial charge in [-0.05, 0) is 26.0 Å². The van der Waals surface area contributed by atoms with E-state index in [-0.39, 0.29) is 0 Å². The van der Waals surface area contributed by atoms with Crippen LogP contribution in [-0.4, -0.2) is 35.1 Å². The molecule has 1 aliphatic heterocycles. The van der Waals surface area contributed by atoms with Crippen LogP contribution in [0.4, 0.5) is 5.82 Å². The normalized spacial score (nSPS) is 20.5. The first-order valence-corrected chi connectivity index (χ1v) is 8.59. The summed E-state index contributed by atoms with van der Waals surface area (Å²) in [4.78, 5) is 7.13. The summed E-state index contributed by atoms with van der Waals surface area (Å²) in [5.41, 5.74) is 1.32. The first-order valence-electron chi connectivity index (χ1n) is 7.60. The summed E-state index contributed by atoms with van der Waals surface area (Å²) in [5.74, 6) is 2.35. The molecular formula is C16H27N3S. The Hall–Kier alpha value is -0.740. The molecule has 1 atom stereocenters. The Balaban J connectivity index is 2.19. The lowest BCUT2D eigenvalue weighted by molar-refractivity contribution is 0.588. The predicted molar refractivity (Wildman–Crippen MR) is 89.7 cm³/mol. The topological polar surface area (TPSA) is 28.2 Å². The monoisotopic (exact) mass is 293 g/mol. The average Bonchev–Trinajstić information content (AvgIpc) is 2.60. The van der Waals surface area contributed by atoms with Crippen molar-refractivity contribution in [2.75, 3.05) is 30.3 Å². The van der Waals surface area contributed by atoms with Gasteiger partial charge in [-0.1, -0.05) is 26.8 Å². The Morgan fingerprint density at radius 2 is 2.25 bits per heavy atom. The number of thioether (sulfide) groups is 1. The van der Waals surface area contributed by atoms with Crippen molar-refractivity contribution in [2.45, 2.75) is 44.9 Å². The zero-order valence-electron chi connectivity index (χ0n) is 13.1. The molecule has 0 spiro atoms. The summed E-state index contributed by atoms with van der Waals surface area (Å²) < 4.78 is 0.386. The summed E-state index contributed by atoms with van der Waals surface area (Å²) in [6.45, 7) is 12.2. The first kappa shape index (κ1) is 15.6. The lowest BCUT2D eigenvalue weighted by Crippen LogP contribution is -2.30. The van der Waals surface area contributed by atoms with E-state index in [0.717, 1.165) is 19.6 Å². The Morgan fingerprint density at radius 1 is 1.45 bits per heavy atom. The Morgan fingerprint density at radius 3 is 3.00 bits per heavy atom. The fraction of sp³-hybridized carbons (Fsp3) is 0.688. The summed E-state index contributed by atoms with van der Waals surface area (Å²) >= 11 is 2.08. The predicted octanol–water partition coefficient (Wildman–Crippen LogP) is 3.47. The second kappa shape index (κ2) is 6.81. The van der Waals surface area contributed by atoms with Crippen molar-refractivity contribution in [3.05, 3.63) is 23.9 Å². The molecule has 1 unspecified atom stereocenters. The maximum absolute atomic E-state index is 4.67. The highest BCUT2D eigenvalue weighted by atomic mass is 32.2. The number of pyridine rings is 1. The second-order valence-electron chi connectivity index (χ2n) is 6.04. The van der Waals surface area contributed by atoms with Crippen molar-refractivity contribution >= 4 is 17.6 Å². The minimum Gasteiger partial charge on any atom is -0.355 e. The molecule has 1 aromatic heterocycles. The van der Waals surface area contributed by atoms with E-state index in [1.54, 1.807) is 0 Å². The van der Waals surface area contributed by atoms with Crippen LogP contribution >= 0.6 is 11.8 Å². The van der Waals surface area contributed by atoms with Crippen LogP contribution < -0.4 is 10.2 Å². The fourth-order valence-corrected chi connectivity index (χ4v) is 3.76. The van der Waals surface area contributed by atoms with E-state index < -0.39 is 0 Å². The molecule has 1 aliphatic rings. The largest absolute Gasteiger partial charge is 0.355 e. The van der Waals surface area contributed by atoms with Crippen molar-refractivity contribution in [1.29, 1.82) is 0 Å². The van der Waals surface area contributed by atoms with Crippen LogP contribution in [-0.2, 0) is 0 Å². The van der Waals surface area contributed by atoms with E-state index in [4.69, 9.17) is 0 Å². The van der Waals surface area contributed by atoms with E-state index in [1.807, 2.05) is 12.3 Å². The van der Waals surface area contributed by atoms with Gasteiger partial charge in [0.2, 0.25) is 0 Å². The van der Waals surface area contributed by atoms with Crippen LogP contribution in [0, 0.1) is 0 Å². The summed E-state index contributed by atoms with van der Waals surface area (Å²) in [6, 6.07) is 4.61. The summed E-state index contributed by atoms with van der Waals surface area (Å²) in [5, 5.41) is 3.50. The molecule has 2 heterocycles. The number of aromatic nitrogens is 1. The van der Waals surface area contributed by atoms with Crippen molar-refractivity contribution in [1.82, 2.24) is 10.3 Å². The van der Waals surface area contributed by atoms with Gasteiger partial charge in [-0.15, -0.1) is 0 Å². The van der Waals surface area contributed by atoms with Gasteiger partial charge < -0.3 is 10.2 Å². The fourth-order valence-electron chi connectivity index (χ4n) is 2.66. The van der Waals surface area contributed by atoms with Crippen LogP contribution in [0.5, 0.6) is 0 Å². The number of rotatable bonds is 4. The smallest absolute Gasteiger partial charge is 0.133 e. The number of anilines is 1. The van der Waals surface area contributed by atoms with Gasteiger partial charge in [0.15, 0.2) is 0 Å². The average molecular weight is 293 g/mol. The van der Waals surface area contributed by atoms with Gasteiger partial charge in [0.25, 0.3) is 0 Å². The lowest BCUT2D eigenvalue weighted by atomic mass is 10.1. The molecule has 0 bridgehead atoms. The van der Waals surface area contributed by atoms with Crippen molar-refractivity contribution < 1.29 is 0 Å². The van der Waals surface area contributed by atoms with Gasteiger partial charge in [0.1, 0.15) is 5.82 Å². The molecule has 1 saturated heterocycles. The van der Waals surface area contributed by atoms with Crippen molar-refractivity contribution in [3.8, 4) is 0 Å². The van der Waals surface area contributed by atoms with E-state index in [0.29, 0.717) is 10.8 Å². The molecule has 2 rings (SSSR count). The van der Waals surface area contributed by atoms with Crippen molar-refractivity contribution in [2.24, 2.45) is 0 Å². The number of nitrogens with zero attached hydrogens (tertiary/aromatic N) is 2. The Kier molecular flexibility index (Phi) is 5.33. The number of hydrogen-bond donors (Lipinski definition) is 1. The molecule has 0 radical (unpaired) electrons. The van der Waals surface area contributed by atoms with Crippen LogP contribution in [0.25, 0.3) is 0 Å². The van der Waals surface area contributed by atoms with Gasteiger partial charge in [0.05, 0.1) is 0 Å². The van der Waals surface area contributed by atoms with E-state index >= 15 is 0 Å². The highest BCUT2D eigenvalue weighted by molar-refractivity contribution is 8.00. The SMILES string of the molecule is CCNC(C)c1cccnc1N1CCSC(C)(C)CC1. The van der Waals surface area contributed by atoms with Gasteiger partial charge >= 0.3 is 0 Å². The number of nitrogens with one attached hydrogen (secondary N) is 1. The quantitative estimate of drug-likeness (QED) is 0.920. The second-order valence-corrected chi connectivity index (χ2v) is 7.84. The Labute approximate surface area is 127 Å². The molecule has 1 fully saturated rings. The zero-order chi connectivity index (χ0) is 14.6. The minimum absolute atomic E-state index is 0.354.